The highest BCUT2D eigenvalue weighted by molar-refractivity contribution is 6.34. The molecule has 1 aromatic heterocycles. The Bertz CT molecular complexity index is 586. The number of hydrogen-bond acceptors (Lipinski definition) is 3. The highest BCUT2D eigenvalue weighted by atomic mass is 35.5. The van der Waals surface area contributed by atoms with Gasteiger partial charge >= 0.3 is 0 Å². The number of hydrogen-bond donors (Lipinski definition) is 2. The third kappa shape index (κ3) is 2.60. The van der Waals surface area contributed by atoms with Crippen LogP contribution >= 0.6 is 11.6 Å². The Hall–Kier alpha value is -1.65. The standard InChI is InChI=1S/C13H13ClN2O2/c1-8(7-17)15-13(18)11-6-9-4-2-3-5-10(9)12(14)16-11/h2-6,8,17H,7H2,1H3,(H,15,18)/t8-/m0/s1. The molecule has 0 unspecified atom stereocenters. The van der Waals surface area contributed by atoms with Crippen LogP contribution in [0.25, 0.3) is 10.8 Å². The number of carbonyl (C=O) groups is 1. The molecule has 1 atom stereocenters. The van der Waals surface area contributed by atoms with Crippen molar-refractivity contribution in [1.82, 2.24) is 10.3 Å². The van der Waals surface area contributed by atoms with Crippen LogP contribution < -0.4 is 5.32 Å². The van der Waals surface area contributed by atoms with Crippen LogP contribution in [-0.4, -0.2) is 28.6 Å². The maximum absolute atomic E-state index is 11.9. The van der Waals surface area contributed by atoms with Gasteiger partial charge in [-0.05, 0) is 18.4 Å². The van der Waals surface area contributed by atoms with E-state index in [-0.39, 0.29) is 24.2 Å². The number of fused-ring (bicyclic) bond motifs is 1. The molecule has 2 aromatic rings. The first-order valence-corrected chi connectivity index (χ1v) is 5.96. The number of aromatic nitrogens is 1. The van der Waals surface area contributed by atoms with Gasteiger partial charge in [0.05, 0.1) is 6.61 Å². The maximum atomic E-state index is 11.9. The van der Waals surface area contributed by atoms with E-state index >= 15 is 0 Å². The lowest BCUT2D eigenvalue weighted by Gasteiger charge is -2.11. The van der Waals surface area contributed by atoms with Gasteiger partial charge < -0.3 is 10.4 Å². The molecular formula is C13H13ClN2O2. The molecule has 1 aromatic carbocycles. The van der Waals surface area contributed by atoms with Gasteiger partial charge in [0.1, 0.15) is 10.8 Å². The number of amides is 1. The van der Waals surface area contributed by atoms with Crippen LogP contribution in [0.1, 0.15) is 17.4 Å². The van der Waals surface area contributed by atoms with Gasteiger partial charge in [-0.25, -0.2) is 4.98 Å². The third-order valence-corrected chi connectivity index (χ3v) is 2.87. The lowest BCUT2D eigenvalue weighted by molar-refractivity contribution is 0.0917. The molecule has 5 heteroatoms. The second kappa shape index (κ2) is 5.33. The summed E-state index contributed by atoms with van der Waals surface area (Å²) in [7, 11) is 0. The summed E-state index contributed by atoms with van der Waals surface area (Å²) in [5, 5.41) is 13.5. The second-order valence-corrected chi connectivity index (χ2v) is 4.43. The molecule has 4 nitrogen and oxygen atoms in total. The van der Waals surface area contributed by atoms with Crippen molar-refractivity contribution >= 4 is 28.3 Å². The Balaban J connectivity index is 2.37. The summed E-state index contributed by atoms with van der Waals surface area (Å²) in [5.74, 6) is -0.343. The number of halogens is 1. The first-order chi connectivity index (χ1) is 8.61. The van der Waals surface area contributed by atoms with Crippen molar-refractivity contribution in [2.45, 2.75) is 13.0 Å². The molecule has 0 aliphatic rings. The summed E-state index contributed by atoms with van der Waals surface area (Å²) in [5.41, 5.74) is 0.249. The van der Waals surface area contributed by atoms with Gasteiger partial charge in [0.25, 0.3) is 5.91 Å². The van der Waals surface area contributed by atoms with Crippen LogP contribution in [0.4, 0.5) is 0 Å². The largest absolute Gasteiger partial charge is 0.394 e. The van der Waals surface area contributed by atoms with Crippen molar-refractivity contribution in [3.8, 4) is 0 Å². The Kier molecular flexibility index (Phi) is 3.79. The van der Waals surface area contributed by atoms with Crippen molar-refractivity contribution < 1.29 is 9.90 Å². The van der Waals surface area contributed by atoms with Crippen molar-refractivity contribution in [2.24, 2.45) is 0 Å². The minimum atomic E-state index is -0.343. The fourth-order valence-corrected chi connectivity index (χ4v) is 1.88. The van der Waals surface area contributed by atoms with Gasteiger partial charge in [-0.2, -0.15) is 0 Å². The van der Waals surface area contributed by atoms with Crippen molar-refractivity contribution in [3.63, 3.8) is 0 Å². The summed E-state index contributed by atoms with van der Waals surface area (Å²) < 4.78 is 0. The molecule has 0 bridgehead atoms. The van der Waals surface area contributed by atoms with E-state index in [1.807, 2.05) is 24.3 Å². The van der Waals surface area contributed by atoms with E-state index < -0.39 is 0 Å². The zero-order valence-electron chi connectivity index (χ0n) is 9.85. The number of rotatable bonds is 3. The molecular weight excluding hydrogens is 252 g/mol. The molecule has 2 rings (SSSR count). The molecule has 1 amide bonds. The molecule has 18 heavy (non-hydrogen) atoms. The number of aliphatic hydroxyl groups is 1. The highest BCUT2D eigenvalue weighted by Crippen LogP contribution is 2.22. The average molecular weight is 265 g/mol. The summed E-state index contributed by atoms with van der Waals surface area (Å²) in [6, 6.07) is 8.82. The summed E-state index contributed by atoms with van der Waals surface area (Å²) in [6.07, 6.45) is 0. The van der Waals surface area contributed by atoms with E-state index in [1.165, 1.54) is 0 Å². The Morgan fingerprint density at radius 1 is 1.50 bits per heavy atom. The normalized spacial score (nSPS) is 12.4. The minimum absolute atomic E-state index is 0.118. The molecule has 0 aliphatic carbocycles. The van der Waals surface area contributed by atoms with E-state index in [2.05, 4.69) is 10.3 Å². The quantitative estimate of drug-likeness (QED) is 0.834. The fraction of sp³-hybridized carbons (Fsp3) is 0.231. The predicted octanol–water partition coefficient (Wildman–Crippen LogP) is 2.00. The summed E-state index contributed by atoms with van der Waals surface area (Å²) >= 11 is 6.04. The SMILES string of the molecule is C[C@@H](CO)NC(=O)c1cc2ccccc2c(Cl)n1. The van der Waals surface area contributed by atoms with Crippen LogP contribution in [0.2, 0.25) is 5.15 Å². The summed E-state index contributed by atoms with van der Waals surface area (Å²) in [6.45, 7) is 1.59. The van der Waals surface area contributed by atoms with Crippen LogP contribution in [0.15, 0.2) is 30.3 Å². The van der Waals surface area contributed by atoms with Crippen LogP contribution in [0, 0.1) is 0 Å². The monoisotopic (exact) mass is 264 g/mol. The Morgan fingerprint density at radius 3 is 2.94 bits per heavy atom. The average Bonchev–Trinajstić information content (AvgIpc) is 2.38. The number of nitrogens with one attached hydrogen (secondary N) is 1. The van der Waals surface area contributed by atoms with Gasteiger partial charge in [-0.3, -0.25) is 4.79 Å². The molecule has 2 N–H and O–H groups in total. The van der Waals surface area contributed by atoms with Gasteiger partial charge in [0.15, 0.2) is 0 Å². The van der Waals surface area contributed by atoms with E-state index in [9.17, 15) is 4.79 Å². The lowest BCUT2D eigenvalue weighted by Crippen LogP contribution is -2.35. The molecule has 1 heterocycles. The first-order valence-electron chi connectivity index (χ1n) is 5.59. The minimum Gasteiger partial charge on any atom is -0.394 e. The molecule has 0 radical (unpaired) electrons. The molecule has 0 spiro atoms. The van der Waals surface area contributed by atoms with Crippen molar-refractivity contribution in [1.29, 1.82) is 0 Å². The highest BCUT2D eigenvalue weighted by Gasteiger charge is 2.12. The number of benzene rings is 1. The van der Waals surface area contributed by atoms with E-state index in [1.54, 1.807) is 13.0 Å². The first kappa shape index (κ1) is 12.8. The molecule has 0 fully saturated rings. The zero-order chi connectivity index (χ0) is 13.1. The number of nitrogens with zero attached hydrogens (tertiary/aromatic N) is 1. The lowest BCUT2D eigenvalue weighted by atomic mass is 10.1. The van der Waals surface area contributed by atoms with Gasteiger partial charge in [0.2, 0.25) is 0 Å². The van der Waals surface area contributed by atoms with E-state index in [0.29, 0.717) is 5.15 Å². The second-order valence-electron chi connectivity index (χ2n) is 4.08. The molecule has 0 saturated carbocycles. The van der Waals surface area contributed by atoms with E-state index in [4.69, 9.17) is 16.7 Å². The molecule has 0 saturated heterocycles. The molecule has 0 aliphatic heterocycles. The zero-order valence-corrected chi connectivity index (χ0v) is 10.6. The van der Waals surface area contributed by atoms with Crippen molar-refractivity contribution in [2.75, 3.05) is 6.61 Å². The topological polar surface area (TPSA) is 62.2 Å². The van der Waals surface area contributed by atoms with E-state index in [0.717, 1.165) is 10.8 Å². The fourth-order valence-electron chi connectivity index (χ4n) is 1.62. The van der Waals surface area contributed by atoms with Gasteiger partial charge in [-0.15, -0.1) is 0 Å². The van der Waals surface area contributed by atoms with Crippen molar-refractivity contribution in [3.05, 3.63) is 41.2 Å². The van der Waals surface area contributed by atoms with Gasteiger partial charge in [-0.1, -0.05) is 35.9 Å². The third-order valence-electron chi connectivity index (χ3n) is 2.58. The maximum Gasteiger partial charge on any atom is 0.270 e. The van der Waals surface area contributed by atoms with Crippen LogP contribution in [0.3, 0.4) is 0 Å². The van der Waals surface area contributed by atoms with Crippen LogP contribution in [0.5, 0.6) is 0 Å². The smallest absolute Gasteiger partial charge is 0.270 e. The van der Waals surface area contributed by atoms with Gasteiger partial charge in [0, 0.05) is 11.4 Å². The number of aliphatic hydroxyl groups excluding tert-OH is 1. The van der Waals surface area contributed by atoms with Crippen LogP contribution in [-0.2, 0) is 0 Å². The predicted molar refractivity (Wildman–Crippen MR) is 70.8 cm³/mol. The Labute approximate surface area is 110 Å². The number of carbonyl (C=O) groups excluding carboxylic acids is 1. The number of pyridine rings is 1. The summed E-state index contributed by atoms with van der Waals surface area (Å²) in [4.78, 5) is 15.9. The Morgan fingerprint density at radius 2 is 2.22 bits per heavy atom. The molecule has 94 valence electrons.